The number of fused-ring (bicyclic) bond motifs is 1. The lowest BCUT2D eigenvalue weighted by Crippen LogP contribution is -2.24. The average molecular weight is 231 g/mol. The molecule has 0 amide bonds. The summed E-state index contributed by atoms with van der Waals surface area (Å²) in [6.07, 6.45) is 0.264. The molecule has 0 saturated heterocycles. The van der Waals surface area contributed by atoms with Crippen molar-refractivity contribution in [1.29, 1.82) is 0 Å². The molecule has 74 valence electrons. The number of benzene rings is 1. The molecule has 1 aliphatic rings. The van der Waals surface area contributed by atoms with Gasteiger partial charge in [0.15, 0.2) is 5.78 Å². The maximum absolute atomic E-state index is 11.6. The first-order chi connectivity index (χ1) is 6.59. The predicted octanol–water partition coefficient (Wildman–Crippen LogP) is 3.35. The molecule has 0 aromatic heterocycles. The van der Waals surface area contributed by atoms with Crippen LogP contribution in [0.15, 0.2) is 12.1 Å². The Morgan fingerprint density at radius 1 is 1.43 bits per heavy atom. The highest BCUT2D eigenvalue weighted by molar-refractivity contribution is 6.44. The van der Waals surface area contributed by atoms with E-state index in [0.717, 1.165) is 0 Å². The fraction of sp³-hybridized carbons (Fsp3) is 0.300. The molecular weight excluding hydrogens is 223 g/mol. The van der Waals surface area contributed by atoms with Crippen LogP contribution in [0.5, 0.6) is 5.75 Å². The monoisotopic (exact) mass is 230 g/mol. The number of halogens is 2. The van der Waals surface area contributed by atoms with Crippen LogP contribution in [-0.2, 0) is 0 Å². The van der Waals surface area contributed by atoms with Crippen molar-refractivity contribution in [2.45, 2.75) is 19.4 Å². The number of carbonyl (C=O) groups is 1. The van der Waals surface area contributed by atoms with Crippen LogP contribution in [0.1, 0.15) is 23.7 Å². The SMILES string of the molecule is CC1CC(=O)c2c(ccc(Cl)c2Cl)O1. The van der Waals surface area contributed by atoms with Gasteiger partial charge in [-0.15, -0.1) is 0 Å². The van der Waals surface area contributed by atoms with E-state index in [1.807, 2.05) is 6.92 Å². The van der Waals surface area contributed by atoms with E-state index in [1.165, 1.54) is 0 Å². The van der Waals surface area contributed by atoms with Crippen LogP contribution >= 0.6 is 23.2 Å². The maximum Gasteiger partial charge on any atom is 0.171 e. The molecule has 0 saturated carbocycles. The summed E-state index contributed by atoms with van der Waals surface area (Å²) in [5.41, 5.74) is 0.414. The Bertz CT molecular complexity index is 401. The third kappa shape index (κ3) is 1.49. The first kappa shape index (κ1) is 9.81. The van der Waals surface area contributed by atoms with Gasteiger partial charge in [0, 0.05) is 6.42 Å². The molecule has 0 spiro atoms. The molecule has 2 rings (SSSR count). The van der Waals surface area contributed by atoms with E-state index in [4.69, 9.17) is 27.9 Å². The molecule has 0 N–H and O–H groups in total. The number of rotatable bonds is 0. The van der Waals surface area contributed by atoms with Crippen LogP contribution in [0.3, 0.4) is 0 Å². The summed E-state index contributed by atoms with van der Waals surface area (Å²) < 4.78 is 5.47. The molecule has 4 heteroatoms. The van der Waals surface area contributed by atoms with Gasteiger partial charge in [-0.3, -0.25) is 4.79 Å². The molecule has 1 heterocycles. The number of carbonyl (C=O) groups excluding carboxylic acids is 1. The van der Waals surface area contributed by atoms with Gasteiger partial charge in [0.25, 0.3) is 0 Å². The standard InChI is InChI=1S/C10H8Cl2O2/c1-5-4-7(13)9-8(14-5)3-2-6(11)10(9)12/h2-3,5H,4H2,1H3. The Balaban J connectivity index is 2.60. The van der Waals surface area contributed by atoms with E-state index in [9.17, 15) is 4.79 Å². The van der Waals surface area contributed by atoms with Gasteiger partial charge in [-0.25, -0.2) is 0 Å². The lowest BCUT2D eigenvalue weighted by molar-refractivity contribution is 0.0871. The number of hydrogen-bond donors (Lipinski definition) is 0. The minimum atomic E-state index is -0.0905. The van der Waals surface area contributed by atoms with Gasteiger partial charge in [-0.1, -0.05) is 23.2 Å². The molecule has 0 aliphatic carbocycles. The second kappa shape index (κ2) is 3.44. The highest BCUT2D eigenvalue weighted by Crippen LogP contribution is 2.37. The third-order valence-electron chi connectivity index (χ3n) is 2.14. The van der Waals surface area contributed by atoms with Crippen molar-refractivity contribution in [3.8, 4) is 5.75 Å². The fourth-order valence-electron chi connectivity index (χ4n) is 1.51. The van der Waals surface area contributed by atoms with E-state index in [2.05, 4.69) is 0 Å². The Hall–Kier alpha value is -0.730. The van der Waals surface area contributed by atoms with E-state index >= 15 is 0 Å². The summed E-state index contributed by atoms with van der Waals surface area (Å²) in [6.45, 7) is 1.85. The van der Waals surface area contributed by atoms with Crippen LogP contribution in [0, 0.1) is 0 Å². The zero-order valence-electron chi connectivity index (χ0n) is 7.51. The lowest BCUT2D eigenvalue weighted by atomic mass is 10.0. The van der Waals surface area contributed by atoms with E-state index in [-0.39, 0.29) is 11.9 Å². The topological polar surface area (TPSA) is 26.3 Å². The molecule has 1 unspecified atom stereocenters. The summed E-state index contributed by atoms with van der Waals surface area (Å²) in [5, 5.41) is 0.679. The normalized spacial score (nSPS) is 20.2. The van der Waals surface area contributed by atoms with Gasteiger partial charge in [-0.05, 0) is 19.1 Å². The average Bonchev–Trinajstić information content (AvgIpc) is 2.10. The highest BCUT2D eigenvalue weighted by atomic mass is 35.5. The Labute approximate surface area is 91.8 Å². The van der Waals surface area contributed by atoms with Crippen molar-refractivity contribution in [3.05, 3.63) is 27.7 Å². The minimum absolute atomic E-state index is 0.00810. The van der Waals surface area contributed by atoms with Crippen LogP contribution < -0.4 is 4.74 Å². The molecule has 1 atom stereocenters. The Kier molecular flexibility index (Phi) is 2.41. The molecule has 1 aromatic carbocycles. The van der Waals surface area contributed by atoms with Gasteiger partial charge >= 0.3 is 0 Å². The number of ether oxygens (including phenoxy) is 1. The second-order valence-electron chi connectivity index (χ2n) is 3.29. The van der Waals surface area contributed by atoms with Crippen molar-refractivity contribution in [2.24, 2.45) is 0 Å². The maximum atomic E-state index is 11.6. The second-order valence-corrected chi connectivity index (χ2v) is 4.08. The van der Waals surface area contributed by atoms with Crippen LogP contribution in [0.4, 0.5) is 0 Å². The third-order valence-corrected chi connectivity index (χ3v) is 2.94. The summed E-state index contributed by atoms with van der Waals surface area (Å²) >= 11 is 11.7. The van der Waals surface area contributed by atoms with Crippen molar-refractivity contribution < 1.29 is 9.53 Å². The van der Waals surface area contributed by atoms with Gasteiger partial charge in [0.1, 0.15) is 11.9 Å². The van der Waals surface area contributed by atoms with E-state index < -0.39 is 0 Å². The first-order valence-corrected chi connectivity index (χ1v) is 5.03. The molecule has 0 bridgehead atoms. The summed E-state index contributed by atoms with van der Waals surface area (Å²) in [6, 6.07) is 3.31. The fourth-order valence-corrected chi connectivity index (χ4v) is 1.93. The largest absolute Gasteiger partial charge is 0.489 e. The van der Waals surface area contributed by atoms with Gasteiger partial charge < -0.3 is 4.74 Å². The van der Waals surface area contributed by atoms with E-state index in [0.29, 0.717) is 27.8 Å². The lowest BCUT2D eigenvalue weighted by Gasteiger charge is -2.23. The summed E-state index contributed by atoms with van der Waals surface area (Å²) in [4.78, 5) is 11.6. The summed E-state index contributed by atoms with van der Waals surface area (Å²) in [5.74, 6) is 0.523. The number of hydrogen-bond acceptors (Lipinski definition) is 2. The predicted molar refractivity (Wildman–Crippen MR) is 55.5 cm³/mol. The van der Waals surface area contributed by atoms with Gasteiger partial charge in [0.2, 0.25) is 0 Å². The Morgan fingerprint density at radius 2 is 2.14 bits per heavy atom. The molecule has 0 radical (unpaired) electrons. The number of Topliss-reactive ketones (excluding diaryl/α,β-unsaturated/α-hetero) is 1. The minimum Gasteiger partial charge on any atom is -0.489 e. The molecular formula is C10H8Cl2O2. The van der Waals surface area contributed by atoms with E-state index in [1.54, 1.807) is 12.1 Å². The number of ketones is 1. The zero-order chi connectivity index (χ0) is 10.3. The Morgan fingerprint density at radius 3 is 2.86 bits per heavy atom. The van der Waals surface area contributed by atoms with Crippen LogP contribution in [-0.4, -0.2) is 11.9 Å². The molecule has 2 nitrogen and oxygen atoms in total. The first-order valence-electron chi connectivity index (χ1n) is 4.27. The highest BCUT2D eigenvalue weighted by Gasteiger charge is 2.26. The molecule has 1 aromatic rings. The zero-order valence-corrected chi connectivity index (χ0v) is 9.02. The summed E-state index contributed by atoms with van der Waals surface area (Å²) in [7, 11) is 0. The van der Waals surface area contributed by atoms with Crippen LogP contribution in [0.2, 0.25) is 10.0 Å². The molecule has 14 heavy (non-hydrogen) atoms. The van der Waals surface area contributed by atoms with Gasteiger partial charge in [0.05, 0.1) is 15.6 Å². The van der Waals surface area contributed by atoms with Crippen molar-refractivity contribution in [1.82, 2.24) is 0 Å². The molecule has 1 aliphatic heterocycles. The van der Waals surface area contributed by atoms with Gasteiger partial charge in [-0.2, -0.15) is 0 Å². The smallest absolute Gasteiger partial charge is 0.171 e. The van der Waals surface area contributed by atoms with Crippen LogP contribution in [0.25, 0.3) is 0 Å². The molecule has 0 fully saturated rings. The van der Waals surface area contributed by atoms with Crippen molar-refractivity contribution in [2.75, 3.05) is 0 Å². The van der Waals surface area contributed by atoms with Crippen molar-refractivity contribution in [3.63, 3.8) is 0 Å². The van der Waals surface area contributed by atoms with Crippen molar-refractivity contribution >= 4 is 29.0 Å². The quantitative estimate of drug-likeness (QED) is 0.684.